The highest BCUT2D eigenvalue weighted by molar-refractivity contribution is 8.18. The lowest BCUT2D eigenvalue weighted by atomic mass is 10.1. The van der Waals surface area contributed by atoms with Crippen LogP contribution in [0.4, 0.5) is 4.79 Å². The molecular formula is C20H16N2O3S. The van der Waals surface area contributed by atoms with E-state index in [0.717, 1.165) is 22.9 Å². The van der Waals surface area contributed by atoms with Crippen molar-refractivity contribution in [3.8, 4) is 11.8 Å². The van der Waals surface area contributed by atoms with Gasteiger partial charge in [0.2, 0.25) is 0 Å². The molecule has 5 nitrogen and oxygen atoms in total. The van der Waals surface area contributed by atoms with Gasteiger partial charge in [0, 0.05) is 5.56 Å². The lowest BCUT2D eigenvalue weighted by molar-refractivity contribution is -0.123. The molecule has 0 spiro atoms. The highest BCUT2D eigenvalue weighted by Crippen LogP contribution is 2.34. The van der Waals surface area contributed by atoms with E-state index in [1.54, 1.807) is 24.3 Å². The molecule has 3 rings (SSSR count). The average Bonchev–Trinajstić information content (AvgIpc) is 2.90. The minimum Gasteiger partial charge on any atom is -0.478 e. The molecule has 1 aliphatic heterocycles. The molecule has 130 valence electrons. The molecule has 0 aliphatic carbocycles. The number of ether oxygens (including phenoxy) is 1. The Morgan fingerprint density at radius 3 is 2.62 bits per heavy atom. The SMILES string of the molecule is Cc1ccc(CN2C(=O)S/C(=C\c3ccccc3OCC#N)C2=O)cc1. The second-order valence-electron chi connectivity index (χ2n) is 5.74. The van der Waals surface area contributed by atoms with Crippen LogP contribution in [-0.4, -0.2) is 22.7 Å². The summed E-state index contributed by atoms with van der Waals surface area (Å²) in [6, 6.07) is 16.7. The third-order valence-corrected chi connectivity index (χ3v) is 4.74. The molecule has 0 saturated carbocycles. The summed E-state index contributed by atoms with van der Waals surface area (Å²) < 4.78 is 5.37. The van der Waals surface area contributed by atoms with Crippen molar-refractivity contribution in [3.05, 3.63) is 70.1 Å². The van der Waals surface area contributed by atoms with Crippen molar-refractivity contribution in [2.24, 2.45) is 0 Å². The first kappa shape index (κ1) is 17.8. The van der Waals surface area contributed by atoms with Crippen LogP contribution in [0.5, 0.6) is 5.75 Å². The molecular weight excluding hydrogens is 348 g/mol. The van der Waals surface area contributed by atoms with Gasteiger partial charge in [-0.25, -0.2) is 0 Å². The number of amides is 2. The fraction of sp³-hybridized carbons (Fsp3) is 0.150. The number of aryl methyl sites for hydroxylation is 1. The molecule has 0 radical (unpaired) electrons. The number of nitriles is 1. The van der Waals surface area contributed by atoms with Crippen molar-refractivity contribution in [1.82, 2.24) is 4.90 Å². The van der Waals surface area contributed by atoms with E-state index in [1.165, 1.54) is 4.90 Å². The van der Waals surface area contributed by atoms with Gasteiger partial charge in [-0.2, -0.15) is 5.26 Å². The number of nitrogens with zero attached hydrogens (tertiary/aromatic N) is 2. The molecule has 2 aromatic carbocycles. The fourth-order valence-corrected chi connectivity index (χ4v) is 3.32. The Morgan fingerprint density at radius 2 is 1.88 bits per heavy atom. The molecule has 0 aromatic heterocycles. The number of rotatable bonds is 5. The van der Waals surface area contributed by atoms with Crippen LogP contribution >= 0.6 is 11.8 Å². The largest absolute Gasteiger partial charge is 0.478 e. The van der Waals surface area contributed by atoms with Gasteiger partial charge < -0.3 is 4.74 Å². The molecule has 1 aliphatic rings. The summed E-state index contributed by atoms with van der Waals surface area (Å²) >= 11 is 0.910. The summed E-state index contributed by atoms with van der Waals surface area (Å²) in [4.78, 5) is 26.5. The first-order valence-electron chi connectivity index (χ1n) is 7.98. The molecule has 26 heavy (non-hydrogen) atoms. The molecule has 2 aromatic rings. The Hall–Kier alpha value is -3.04. The number of imide groups is 1. The molecule has 1 fully saturated rings. The van der Waals surface area contributed by atoms with Gasteiger partial charge in [0.1, 0.15) is 11.8 Å². The number of para-hydroxylation sites is 1. The lowest BCUT2D eigenvalue weighted by Crippen LogP contribution is -2.27. The quantitative estimate of drug-likeness (QED) is 0.746. The van der Waals surface area contributed by atoms with Crippen LogP contribution in [0.25, 0.3) is 6.08 Å². The number of hydrogen-bond acceptors (Lipinski definition) is 5. The van der Waals surface area contributed by atoms with Gasteiger partial charge in [-0.05, 0) is 36.4 Å². The Labute approximate surface area is 155 Å². The van der Waals surface area contributed by atoms with Gasteiger partial charge in [0.05, 0.1) is 11.4 Å². The Morgan fingerprint density at radius 1 is 1.15 bits per heavy atom. The zero-order valence-corrected chi connectivity index (χ0v) is 15.0. The minimum atomic E-state index is -0.323. The molecule has 6 heteroatoms. The van der Waals surface area contributed by atoms with Crippen molar-refractivity contribution in [2.75, 3.05) is 6.61 Å². The van der Waals surface area contributed by atoms with E-state index in [4.69, 9.17) is 10.00 Å². The molecule has 0 bridgehead atoms. The van der Waals surface area contributed by atoms with Gasteiger partial charge >= 0.3 is 0 Å². The predicted octanol–water partition coefficient (Wildman–Crippen LogP) is 4.13. The summed E-state index contributed by atoms with van der Waals surface area (Å²) in [5.41, 5.74) is 2.68. The van der Waals surface area contributed by atoms with Crippen molar-refractivity contribution in [1.29, 1.82) is 5.26 Å². The number of thioether (sulfide) groups is 1. The minimum absolute atomic E-state index is 0.0836. The zero-order valence-electron chi connectivity index (χ0n) is 14.1. The summed E-state index contributed by atoms with van der Waals surface area (Å²) in [6.07, 6.45) is 1.63. The van der Waals surface area contributed by atoms with E-state index in [9.17, 15) is 9.59 Å². The monoisotopic (exact) mass is 364 g/mol. The van der Waals surface area contributed by atoms with Gasteiger partial charge in [0.25, 0.3) is 11.1 Å². The standard InChI is InChI=1S/C20H16N2O3S/c1-14-6-8-15(9-7-14)13-22-19(23)18(26-20(22)24)12-16-4-2-3-5-17(16)25-11-10-21/h2-9,12H,11,13H2,1H3/b18-12-. The van der Waals surface area contributed by atoms with Gasteiger partial charge in [-0.1, -0.05) is 48.0 Å². The first-order valence-corrected chi connectivity index (χ1v) is 8.80. The summed E-state index contributed by atoms with van der Waals surface area (Å²) in [6.45, 7) is 2.15. The maximum atomic E-state index is 12.6. The Kier molecular flexibility index (Phi) is 5.40. The normalized spacial score (nSPS) is 15.4. The third-order valence-electron chi connectivity index (χ3n) is 3.83. The Balaban J connectivity index is 1.81. The predicted molar refractivity (Wildman–Crippen MR) is 100 cm³/mol. The summed E-state index contributed by atoms with van der Waals surface area (Å²) in [5.74, 6) is 0.176. The second-order valence-corrected chi connectivity index (χ2v) is 6.73. The molecule has 0 unspecified atom stereocenters. The number of benzene rings is 2. The van der Waals surface area contributed by atoms with Crippen LogP contribution in [0.15, 0.2) is 53.4 Å². The summed E-state index contributed by atoms with van der Waals surface area (Å²) in [7, 11) is 0. The number of carbonyl (C=O) groups is 2. The number of carbonyl (C=O) groups excluding carboxylic acids is 2. The van der Waals surface area contributed by atoms with Crippen molar-refractivity contribution >= 4 is 29.0 Å². The van der Waals surface area contributed by atoms with E-state index in [2.05, 4.69) is 0 Å². The fourth-order valence-electron chi connectivity index (χ4n) is 2.49. The highest BCUT2D eigenvalue weighted by Gasteiger charge is 2.35. The Bertz CT molecular complexity index is 913. The van der Waals surface area contributed by atoms with E-state index in [-0.39, 0.29) is 24.3 Å². The van der Waals surface area contributed by atoms with Crippen LogP contribution < -0.4 is 4.74 Å². The van der Waals surface area contributed by atoms with Crippen molar-refractivity contribution in [2.45, 2.75) is 13.5 Å². The topological polar surface area (TPSA) is 70.4 Å². The average molecular weight is 364 g/mol. The first-order chi connectivity index (χ1) is 12.6. The molecule has 1 saturated heterocycles. The number of hydrogen-bond donors (Lipinski definition) is 0. The zero-order chi connectivity index (χ0) is 18.5. The smallest absolute Gasteiger partial charge is 0.293 e. The summed E-state index contributed by atoms with van der Waals surface area (Å²) in [5, 5.41) is 8.38. The maximum Gasteiger partial charge on any atom is 0.293 e. The maximum absolute atomic E-state index is 12.6. The van der Waals surface area contributed by atoms with Crippen LogP contribution in [0.1, 0.15) is 16.7 Å². The van der Waals surface area contributed by atoms with Gasteiger partial charge in [0.15, 0.2) is 6.61 Å². The second kappa shape index (κ2) is 7.89. The molecule has 1 heterocycles. The van der Waals surface area contributed by atoms with E-state index >= 15 is 0 Å². The van der Waals surface area contributed by atoms with E-state index in [0.29, 0.717) is 16.2 Å². The van der Waals surface area contributed by atoms with Gasteiger partial charge in [-0.15, -0.1) is 0 Å². The lowest BCUT2D eigenvalue weighted by Gasteiger charge is -2.12. The van der Waals surface area contributed by atoms with Crippen molar-refractivity contribution in [3.63, 3.8) is 0 Å². The van der Waals surface area contributed by atoms with Gasteiger partial charge in [-0.3, -0.25) is 14.5 Å². The third kappa shape index (κ3) is 3.95. The molecule has 2 amide bonds. The van der Waals surface area contributed by atoms with Crippen LogP contribution in [-0.2, 0) is 11.3 Å². The van der Waals surface area contributed by atoms with Crippen LogP contribution in [0.2, 0.25) is 0 Å². The van der Waals surface area contributed by atoms with Crippen LogP contribution in [0.3, 0.4) is 0 Å². The molecule has 0 N–H and O–H groups in total. The van der Waals surface area contributed by atoms with Crippen molar-refractivity contribution < 1.29 is 14.3 Å². The molecule has 0 atom stereocenters. The van der Waals surface area contributed by atoms with E-state index in [1.807, 2.05) is 43.3 Å². The van der Waals surface area contributed by atoms with Crippen LogP contribution in [0, 0.1) is 18.3 Å². The highest BCUT2D eigenvalue weighted by atomic mass is 32.2. The van der Waals surface area contributed by atoms with E-state index < -0.39 is 0 Å².